The van der Waals surface area contributed by atoms with Gasteiger partial charge in [-0.2, -0.15) is 5.26 Å². The Bertz CT molecular complexity index is 893. The normalized spacial score (nSPS) is 19.0. The number of nitrogens with zero attached hydrogens (tertiary/aromatic N) is 3. The van der Waals surface area contributed by atoms with Crippen LogP contribution in [0.3, 0.4) is 0 Å². The number of amides is 1. The molecule has 1 aromatic carbocycles. The number of carbonyl (C=O) groups is 1. The van der Waals surface area contributed by atoms with E-state index in [9.17, 15) is 10.1 Å². The summed E-state index contributed by atoms with van der Waals surface area (Å²) in [4.78, 5) is 19.0. The molecule has 0 atom stereocenters. The summed E-state index contributed by atoms with van der Waals surface area (Å²) in [7, 11) is 0. The van der Waals surface area contributed by atoms with Crippen molar-refractivity contribution in [1.82, 2.24) is 15.2 Å². The zero-order chi connectivity index (χ0) is 18.9. The van der Waals surface area contributed by atoms with Crippen molar-refractivity contribution >= 4 is 5.91 Å². The quantitative estimate of drug-likeness (QED) is 0.914. The number of aryl methyl sites for hydroxylation is 1. The number of piperidine rings is 1. The standard InChI is InChI=1S/C22H24N4O/c1-16-12-17-5-9-25-21(27)19(17)13-18(16)14-26-10-6-22(15-23,7-11-26)20-4-2-3-8-24-20/h2-4,8,12-13H,5-7,9-11,14H2,1H3,(H,25,27). The molecule has 0 bridgehead atoms. The summed E-state index contributed by atoms with van der Waals surface area (Å²) in [5.41, 5.74) is 4.81. The third-order valence-corrected chi connectivity index (χ3v) is 5.96. The van der Waals surface area contributed by atoms with Gasteiger partial charge in [-0.3, -0.25) is 14.7 Å². The molecule has 0 saturated carbocycles. The molecule has 5 heteroatoms. The van der Waals surface area contributed by atoms with Crippen LogP contribution in [0.1, 0.15) is 45.6 Å². The largest absolute Gasteiger partial charge is 0.352 e. The summed E-state index contributed by atoms with van der Waals surface area (Å²) in [6.45, 7) is 5.37. The molecular weight excluding hydrogens is 336 g/mol. The highest BCUT2D eigenvalue weighted by Gasteiger charge is 2.37. The number of benzene rings is 1. The molecule has 1 N–H and O–H groups in total. The van der Waals surface area contributed by atoms with Gasteiger partial charge in [0.25, 0.3) is 5.91 Å². The van der Waals surface area contributed by atoms with Crippen molar-refractivity contribution in [3.8, 4) is 6.07 Å². The van der Waals surface area contributed by atoms with Crippen molar-refractivity contribution in [2.24, 2.45) is 0 Å². The Morgan fingerprint density at radius 3 is 2.81 bits per heavy atom. The minimum Gasteiger partial charge on any atom is -0.352 e. The van der Waals surface area contributed by atoms with E-state index in [2.05, 4.69) is 40.3 Å². The Kier molecular flexibility index (Phi) is 4.67. The van der Waals surface area contributed by atoms with Gasteiger partial charge in [0.15, 0.2) is 0 Å². The van der Waals surface area contributed by atoms with E-state index < -0.39 is 5.41 Å². The fraction of sp³-hybridized carbons (Fsp3) is 0.409. The molecule has 2 aromatic rings. The summed E-state index contributed by atoms with van der Waals surface area (Å²) in [6.07, 6.45) is 4.24. The lowest BCUT2D eigenvalue weighted by atomic mass is 9.76. The van der Waals surface area contributed by atoms with Gasteiger partial charge in [0, 0.05) is 37.9 Å². The summed E-state index contributed by atoms with van der Waals surface area (Å²) < 4.78 is 0. The Hall–Kier alpha value is -2.71. The number of rotatable bonds is 3. The van der Waals surface area contributed by atoms with Gasteiger partial charge in [0.05, 0.1) is 11.8 Å². The number of hydrogen-bond donors (Lipinski definition) is 1. The molecule has 0 radical (unpaired) electrons. The summed E-state index contributed by atoms with van der Waals surface area (Å²) in [6, 6.07) is 12.6. The molecule has 27 heavy (non-hydrogen) atoms. The van der Waals surface area contributed by atoms with Crippen molar-refractivity contribution in [2.45, 2.75) is 38.1 Å². The van der Waals surface area contributed by atoms with E-state index in [1.807, 2.05) is 18.2 Å². The monoisotopic (exact) mass is 360 g/mol. The Morgan fingerprint density at radius 2 is 2.11 bits per heavy atom. The highest BCUT2D eigenvalue weighted by Crippen LogP contribution is 2.34. The van der Waals surface area contributed by atoms with Crippen molar-refractivity contribution in [1.29, 1.82) is 5.26 Å². The molecule has 2 aliphatic rings. The van der Waals surface area contributed by atoms with Gasteiger partial charge < -0.3 is 5.32 Å². The van der Waals surface area contributed by atoms with Crippen LogP contribution in [0.25, 0.3) is 0 Å². The lowest BCUT2D eigenvalue weighted by Crippen LogP contribution is -2.42. The predicted octanol–water partition coefficient (Wildman–Crippen LogP) is 2.73. The molecule has 1 fully saturated rings. The molecule has 1 amide bonds. The van der Waals surface area contributed by atoms with E-state index in [4.69, 9.17) is 0 Å². The first-order chi connectivity index (χ1) is 13.1. The molecule has 4 rings (SSSR count). The van der Waals surface area contributed by atoms with Gasteiger partial charge in [0.2, 0.25) is 0 Å². The van der Waals surface area contributed by atoms with E-state index in [1.54, 1.807) is 6.20 Å². The van der Waals surface area contributed by atoms with Crippen LogP contribution in [-0.2, 0) is 18.4 Å². The first-order valence-corrected chi connectivity index (χ1v) is 9.57. The first-order valence-electron chi connectivity index (χ1n) is 9.57. The number of aromatic nitrogens is 1. The third-order valence-electron chi connectivity index (χ3n) is 5.96. The third kappa shape index (κ3) is 3.33. The van der Waals surface area contributed by atoms with Gasteiger partial charge in [-0.1, -0.05) is 12.1 Å². The molecule has 0 unspecified atom stereocenters. The molecular formula is C22H24N4O. The number of nitriles is 1. The predicted molar refractivity (Wildman–Crippen MR) is 103 cm³/mol. The number of hydrogen-bond acceptors (Lipinski definition) is 4. The second-order valence-corrected chi connectivity index (χ2v) is 7.63. The summed E-state index contributed by atoms with van der Waals surface area (Å²) in [5, 5.41) is 12.8. The van der Waals surface area contributed by atoms with Crippen LogP contribution in [0.2, 0.25) is 0 Å². The van der Waals surface area contributed by atoms with Gasteiger partial charge in [-0.25, -0.2) is 0 Å². The highest BCUT2D eigenvalue weighted by atomic mass is 16.1. The molecule has 3 heterocycles. The fourth-order valence-electron chi connectivity index (χ4n) is 4.21. The molecule has 1 saturated heterocycles. The van der Waals surface area contributed by atoms with E-state index in [0.29, 0.717) is 0 Å². The number of likely N-dealkylation sites (tertiary alicyclic amines) is 1. The van der Waals surface area contributed by atoms with Crippen LogP contribution in [0.15, 0.2) is 36.5 Å². The second-order valence-electron chi connectivity index (χ2n) is 7.63. The lowest BCUT2D eigenvalue weighted by molar-refractivity contribution is 0.0945. The van der Waals surface area contributed by atoms with Crippen molar-refractivity contribution in [3.05, 3.63) is 64.5 Å². The smallest absolute Gasteiger partial charge is 0.251 e. The Labute approximate surface area is 160 Å². The van der Waals surface area contributed by atoms with Gasteiger partial charge in [0.1, 0.15) is 5.41 Å². The molecule has 2 aliphatic heterocycles. The van der Waals surface area contributed by atoms with E-state index in [-0.39, 0.29) is 5.91 Å². The van der Waals surface area contributed by atoms with E-state index >= 15 is 0 Å². The minimum absolute atomic E-state index is 0.0368. The van der Waals surface area contributed by atoms with Crippen LogP contribution in [0.5, 0.6) is 0 Å². The molecule has 1 aromatic heterocycles. The van der Waals surface area contributed by atoms with Gasteiger partial charge >= 0.3 is 0 Å². The number of fused-ring (bicyclic) bond motifs is 1. The fourth-order valence-corrected chi connectivity index (χ4v) is 4.21. The van der Waals surface area contributed by atoms with Gasteiger partial charge in [-0.15, -0.1) is 0 Å². The van der Waals surface area contributed by atoms with Crippen molar-refractivity contribution < 1.29 is 4.79 Å². The van der Waals surface area contributed by atoms with Crippen molar-refractivity contribution in [2.75, 3.05) is 19.6 Å². The van der Waals surface area contributed by atoms with Crippen molar-refractivity contribution in [3.63, 3.8) is 0 Å². The Balaban J connectivity index is 1.49. The van der Waals surface area contributed by atoms with Crippen LogP contribution in [-0.4, -0.2) is 35.4 Å². The number of carbonyl (C=O) groups excluding carboxylic acids is 1. The maximum atomic E-state index is 12.2. The van der Waals surface area contributed by atoms with E-state index in [0.717, 1.165) is 62.3 Å². The Morgan fingerprint density at radius 1 is 1.30 bits per heavy atom. The molecule has 5 nitrogen and oxygen atoms in total. The summed E-state index contributed by atoms with van der Waals surface area (Å²) in [5.74, 6) is 0.0368. The summed E-state index contributed by atoms with van der Waals surface area (Å²) >= 11 is 0. The van der Waals surface area contributed by atoms with Crippen LogP contribution < -0.4 is 5.32 Å². The number of nitrogens with one attached hydrogen (secondary N) is 1. The SMILES string of the molecule is Cc1cc2c(cc1CN1CCC(C#N)(c3ccccn3)CC1)C(=O)NCC2. The van der Waals surface area contributed by atoms with Crippen LogP contribution in [0, 0.1) is 18.3 Å². The number of pyridine rings is 1. The van der Waals surface area contributed by atoms with Crippen LogP contribution in [0.4, 0.5) is 0 Å². The van der Waals surface area contributed by atoms with Crippen LogP contribution >= 0.6 is 0 Å². The second kappa shape index (κ2) is 7.13. The average molecular weight is 360 g/mol. The topological polar surface area (TPSA) is 69.0 Å². The minimum atomic E-state index is -0.484. The molecule has 138 valence electrons. The average Bonchev–Trinajstić information content (AvgIpc) is 2.71. The van der Waals surface area contributed by atoms with Gasteiger partial charge in [-0.05, 0) is 61.1 Å². The first kappa shape index (κ1) is 17.7. The molecule has 0 spiro atoms. The maximum Gasteiger partial charge on any atom is 0.251 e. The molecule has 0 aliphatic carbocycles. The zero-order valence-electron chi connectivity index (χ0n) is 15.7. The van der Waals surface area contributed by atoms with E-state index in [1.165, 1.54) is 11.1 Å². The zero-order valence-corrected chi connectivity index (χ0v) is 15.7. The highest BCUT2D eigenvalue weighted by molar-refractivity contribution is 5.97. The maximum absolute atomic E-state index is 12.2. The lowest BCUT2D eigenvalue weighted by Gasteiger charge is -2.37.